The molecule has 0 heterocycles. The Morgan fingerprint density at radius 1 is 1.38 bits per heavy atom. The summed E-state index contributed by atoms with van der Waals surface area (Å²) in [5.74, 6) is -0.0849. The van der Waals surface area contributed by atoms with Gasteiger partial charge in [0.05, 0.1) is 6.61 Å². The third kappa shape index (κ3) is 3.77. The minimum absolute atomic E-state index is 0.322. The molecule has 3 heteroatoms. The van der Waals surface area contributed by atoms with Gasteiger partial charge in [0.1, 0.15) is 5.75 Å². The van der Waals surface area contributed by atoms with Crippen molar-refractivity contribution in [3.05, 3.63) is 35.4 Å². The van der Waals surface area contributed by atoms with Crippen molar-refractivity contribution in [3.8, 4) is 5.75 Å². The van der Waals surface area contributed by atoms with E-state index in [4.69, 9.17) is 9.84 Å². The third-order valence-corrected chi connectivity index (χ3v) is 2.07. The van der Waals surface area contributed by atoms with Crippen LogP contribution in [-0.2, 0) is 4.79 Å². The third-order valence-electron chi connectivity index (χ3n) is 2.07. The number of hydrogen-bond acceptors (Lipinski definition) is 2. The Kier molecular flexibility index (Phi) is 4.58. The van der Waals surface area contributed by atoms with Gasteiger partial charge in [0.2, 0.25) is 0 Å². The van der Waals surface area contributed by atoms with Crippen LogP contribution in [-0.4, -0.2) is 17.7 Å². The van der Waals surface area contributed by atoms with E-state index in [0.29, 0.717) is 12.2 Å². The van der Waals surface area contributed by atoms with Crippen LogP contribution in [0.5, 0.6) is 5.75 Å². The lowest BCUT2D eigenvalue weighted by Gasteiger charge is -2.04. The van der Waals surface area contributed by atoms with E-state index in [0.717, 1.165) is 17.7 Å². The first-order valence-electron chi connectivity index (χ1n) is 5.28. The Morgan fingerprint density at radius 3 is 2.50 bits per heavy atom. The lowest BCUT2D eigenvalue weighted by molar-refractivity contribution is -0.132. The van der Waals surface area contributed by atoms with E-state index in [-0.39, 0.29) is 0 Å². The van der Waals surface area contributed by atoms with E-state index in [1.165, 1.54) is 0 Å². The van der Waals surface area contributed by atoms with Crippen LogP contribution in [0.25, 0.3) is 6.08 Å². The number of hydrogen-bond donors (Lipinski definition) is 1. The molecule has 0 spiro atoms. The number of aliphatic carboxylic acids is 1. The minimum Gasteiger partial charge on any atom is -0.494 e. The predicted molar refractivity (Wildman–Crippen MR) is 63.5 cm³/mol. The molecule has 0 unspecified atom stereocenters. The summed E-state index contributed by atoms with van der Waals surface area (Å²) < 4.78 is 5.43. The molecule has 0 amide bonds. The molecule has 0 aliphatic carbocycles. The highest BCUT2D eigenvalue weighted by Crippen LogP contribution is 2.14. The topological polar surface area (TPSA) is 46.5 Å². The fourth-order valence-electron chi connectivity index (χ4n) is 1.19. The van der Waals surface area contributed by atoms with Crippen molar-refractivity contribution < 1.29 is 14.6 Å². The zero-order valence-corrected chi connectivity index (χ0v) is 9.56. The van der Waals surface area contributed by atoms with Gasteiger partial charge in [-0.25, -0.2) is 4.79 Å². The smallest absolute Gasteiger partial charge is 0.331 e. The summed E-state index contributed by atoms with van der Waals surface area (Å²) in [4.78, 5) is 10.6. The highest BCUT2D eigenvalue weighted by molar-refractivity contribution is 5.91. The van der Waals surface area contributed by atoms with Gasteiger partial charge >= 0.3 is 5.97 Å². The molecule has 1 N–H and O–H groups in total. The lowest BCUT2D eigenvalue weighted by atomic mass is 10.1. The predicted octanol–water partition coefficient (Wildman–Crippen LogP) is 2.96. The second-order valence-electron chi connectivity index (χ2n) is 3.55. The first-order chi connectivity index (χ1) is 7.63. The largest absolute Gasteiger partial charge is 0.494 e. The Labute approximate surface area is 95.4 Å². The van der Waals surface area contributed by atoms with Crippen LogP contribution in [0.15, 0.2) is 29.8 Å². The summed E-state index contributed by atoms with van der Waals surface area (Å²) in [5.41, 5.74) is 1.19. The standard InChI is InChI=1S/C13H16O3/c1-3-8-16-12-6-4-11(5-7-12)9-10(2)13(14)15/h4-7,9H,3,8H2,1-2H3,(H,14,15)/b10-9+. The Morgan fingerprint density at radius 2 is 2.00 bits per heavy atom. The average molecular weight is 220 g/mol. The van der Waals surface area contributed by atoms with Gasteiger partial charge in [0, 0.05) is 5.57 Å². The van der Waals surface area contributed by atoms with E-state index < -0.39 is 5.97 Å². The van der Waals surface area contributed by atoms with E-state index >= 15 is 0 Å². The number of rotatable bonds is 5. The van der Waals surface area contributed by atoms with Gasteiger partial charge in [-0.3, -0.25) is 0 Å². The van der Waals surface area contributed by atoms with Gasteiger partial charge in [-0.2, -0.15) is 0 Å². The molecule has 0 atom stereocenters. The molecule has 0 saturated heterocycles. The Hall–Kier alpha value is -1.77. The maximum Gasteiger partial charge on any atom is 0.331 e. The average Bonchev–Trinajstić information content (AvgIpc) is 2.28. The molecule has 0 radical (unpaired) electrons. The molecule has 1 rings (SSSR count). The highest BCUT2D eigenvalue weighted by Gasteiger charge is 1.99. The van der Waals surface area contributed by atoms with Crippen molar-refractivity contribution in [2.75, 3.05) is 6.61 Å². The van der Waals surface area contributed by atoms with E-state index in [1.54, 1.807) is 13.0 Å². The lowest BCUT2D eigenvalue weighted by Crippen LogP contribution is -1.96. The summed E-state index contributed by atoms with van der Waals surface area (Å²) in [6, 6.07) is 7.38. The van der Waals surface area contributed by atoms with Crippen LogP contribution in [0.2, 0.25) is 0 Å². The second-order valence-corrected chi connectivity index (χ2v) is 3.55. The van der Waals surface area contributed by atoms with Crippen LogP contribution >= 0.6 is 0 Å². The van der Waals surface area contributed by atoms with Crippen molar-refractivity contribution >= 4 is 12.0 Å². The van der Waals surface area contributed by atoms with E-state index in [9.17, 15) is 4.79 Å². The molecule has 0 fully saturated rings. The van der Waals surface area contributed by atoms with Crippen LogP contribution in [0.4, 0.5) is 0 Å². The number of ether oxygens (including phenoxy) is 1. The highest BCUT2D eigenvalue weighted by atomic mass is 16.5. The Balaban J connectivity index is 2.71. The molecule has 86 valence electrons. The first kappa shape index (κ1) is 12.3. The van der Waals surface area contributed by atoms with Crippen LogP contribution in [0, 0.1) is 0 Å². The summed E-state index contributed by atoms with van der Waals surface area (Å²) in [6.45, 7) is 4.32. The molecule has 0 aliphatic rings. The maximum absolute atomic E-state index is 10.6. The van der Waals surface area contributed by atoms with Gasteiger partial charge in [0.15, 0.2) is 0 Å². The molecule has 0 aliphatic heterocycles. The zero-order valence-electron chi connectivity index (χ0n) is 9.56. The van der Waals surface area contributed by atoms with Gasteiger partial charge in [-0.05, 0) is 37.1 Å². The van der Waals surface area contributed by atoms with Gasteiger partial charge < -0.3 is 9.84 Å². The number of carboxylic acids is 1. The molecule has 16 heavy (non-hydrogen) atoms. The summed E-state index contributed by atoms with van der Waals surface area (Å²) in [6.07, 6.45) is 2.60. The number of carbonyl (C=O) groups is 1. The number of benzene rings is 1. The van der Waals surface area contributed by atoms with Gasteiger partial charge in [-0.1, -0.05) is 19.1 Å². The maximum atomic E-state index is 10.6. The van der Waals surface area contributed by atoms with Crippen LogP contribution in [0.3, 0.4) is 0 Å². The molecule has 0 aromatic heterocycles. The monoisotopic (exact) mass is 220 g/mol. The zero-order chi connectivity index (χ0) is 12.0. The van der Waals surface area contributed by atoms with Crippen LogP contribution < -0.4 is 4.74 Å². The van der Waals surface area contributed by atoms with E-state index in [1.807, 2.05) is 31.2 Å². The molecule has 0 bridgehead atoms. The normalized spacial score (nSPS) is 11.2. The first-order valence-corrected chi connectivity index (χ1v) is 5.28. The quantitative estimate of drug-likeness (QED) is 0.776. The molecular formula is C13H16O3. The van der Waals surface area contributed by atoms with Crippen LogP contribution in [0.1, 0.15) is 25.8 Å². The molecule has 0 saturated carbocycles. The molecule has 3 nitrogen and oxygen atoms in total. The summed E-state index contributed by atoms with van der Waals surface area (Å²) in [7, 11) is 0. The number of carboxylic acid groups (broad SMARTS) is 1. The van der Waals surface area contributed by atoms with Crippen molar-refractivity contribution in [1.82, 2.24) is 0 Å². The van der Waals surface area contributed by atoms with E-state index in [2.05, 4.69) is 0 Å². The molecular weight excluding hydrogens is 204 g/mol. The molecule has 1 aromatic carbocycles. The molecule has 1 aromatic rings. The van der Waals surface area contributed by atoms with Gasteiger partial charge in [-0.15, -0.1) is 0 Å². The summed E-state index contributed by atoms with van der Waals surface area (Å²) >= 11 is 0. The van der Waals surface area contributed by atoms with Crippen molar-refractivity contribution in [2.45, 2.75) is 20.3 Å². The van der Waals surface area contributed by atoms with Gasteiger partial charge in [0.25, 0.3) is 0 Å². The summed E-state index contributed by atoms with van der Waals surface area (Å²) in [5, 5.41) is 8.72. The van der Waals surface area contributed by atoms with Crippen molar-refractivity contribution in [1.29, 1.82) is 0 Å². The fraction of sp³-hybridized carbons (Fsp3) is 0.308. The Bertz CT molecular complexity index is 377. The SMILES string of the molecule is CCCOc1ccc(/C=C(\C)C(=O)O)cc1. The minimum atomic E-state index is -0.897. The van der Waals surface area contributed by atoms with Crippen molar-refractivity contribution in [2.24, 2.45) is 0 Å². The fourth-order valence-corrected chi connectivity index (χ4v) is 1.19. The second kappa shape index (κ2) is 5.95. The van der Waals surface area contributed by atoms with Crippen molar-refractivity contribution in [3.63, 3.8) is 0 Å².